The molecular weight excluding hydrogens is 266 g/mol. The molecule has 116 valence electrons. The molecule has 1 aromatic rings. The average Bonchev–Trinajstić information content (AvgIpc) is 2.52. The first kappa shape index (κ1) is 15.9. The largest absolute Gasteiger partial charge is 0.313 e. The van der Waals surface area contributed by atoms with Crippen molar-refractivity contribution in [3.8, 4) is 0 Å². The van der Waals surface area contributed by atoms with Crippen molar-refractivity contribution in [2.75, 3.05) is 26.2 Å². The summed E-state index contributed by atoms with van der Waals surface area (Å²) in [6, 6.07) is 7.63. The summed E-state index contributed by atoms with van der Waals surface area (Å²) in [7, 11) is 0. The summed E-state index contributed by atoms with van der Waals surface area (Å²) < 4.78 is 0. The number of hydrogen-bond donors (Lipinski definition) is 1. The second kappa shape index (κ2) is 8.10. The Kier molecular flexibility index (Phi) is 6.14. The van der Waals surface area contributed by atoms with Gasteiger partial charge in [-0.1, -0.05) is 31.5 Å². The van der Waals surface area contributed by atoms with Crippen molar-refractivity contribution in [3.05, 3.63) is 39.9 Å². The lowest BCUT2D eigenvalue weighted by Crippen LogP contribution is -2.44. The van der Waals surface area contributed by atoms with E-state index < -0.39 is 0 Å². The van der Waals surface area contributed by atoms with Crippen LogP contribution in [0.3, 0.4) is 0 Å². The van der Waals surface area contributed by atoms with Gasteiger partial charge >= 0.3 is 0 Å². The summed E-state index contributed by atoms with van der Waals surface area (Å²) >= 11 is 0. The Morgan fingerprint density at radius 1 is 1.38 bits per heavy atom. The molecule has 0 radical (unpaired) electrons. The number of nitrogens with one attached hydrogen (secondary N) is 1. The Hall–Kier alpha value is -1.46. The number of hydrogen-bond acceptors (Lipinski definition) is 4. The molecule has 2 rings (SSSR count). The molecule has 1 N–H and O–H groups in total. The van der Waals surface area contributed by atoms with E-state index in [1.54, 1.807) is 12.1 Å². The van der Waals surface area contributed by atoms with E-state index in [0.29, 0.717) is 6.04 Å². The SMILES string of the molecule is CCN(CCc1ccccc1[N+](=O)[O-])CC1CCCCN1. The summed E-state index contributed by atoms with van der Waals surface area (Å²) in [5, 5.41) is 14.6. The quantitative estimate of drug-likeness (QED) is 0.619. The van der Waals surface area contributed by atoms with Crippen LogP contribution in [0.4, 0.5) is 5.69 Å². The molecule has 1 fully saturated rings. The maximum Gasteiger partial charge on any atom is 0.272 e. The predicted octanol–water partition coefficient (Wildman–Crippen LogP) is 2.60. The van der Waals surface area contributed by atoms with E-state index in [4.69, 9.17) is 0 Å². The van der Waals surface area contributed by atoms with Gasteiger partial charge in [-0.25, -0.2) is 0 Å². The van der Waals surface area contributed by atoms with Crippen LogP contribution >= 0.6 is 0 Å². The molecule has 1 aromatic carbocycles. The van der Waals surface area contributed by atoms with Gasteiger partial charge in [0, 0.05) is 30.8 Å². The number of nitrogens with zero attached hydrogens (tertiary/aromatic N) is 2. The first-order valence-corrected chi connectivity index (χ1v) is 7.88. The van der Waals surface area contributed by atoms with Crippen molar-refractivity contribution in [1.29, 1.82) is 0 Å². The molecule has 5 nitrogen and oxygen atoms in total. The van der Waals surface area contributed by atoms with Crippen LogP contribution in [0.2, 0.25) is 0 Å². The minimum atomic E-state index is -0.283. The van der Waals surface area contributed by atoms with Crippen molar-refractivity contribution in [1.82, 2.24) is 10.2 Å². The highest BCUT2D eigenvalue weighted by atomic mass is 16.6. The third-order valence-corrected chi connectivity index (χ3v) is 4.22. The van der Waals surface area contributed by atoms with Gasteiger partial charge in [0.2, 0.25) is 0 Å². The number of nitro benzene ring substituents is 1. The fraction of sp³-hybridized carbons (Fsp3) is 0.625. The number of likely N-dealkylation sites (N-methyl/N-ethyl adjacent to an activating group) is 1. The molecule has 1 atom stereocenters. The summed E-state index contributed by atoms with van der Waals surface area (Å²) in [4.78, 5) is 13.1. The maximum absolute atomic E-state index is 11.0. The minimum Gasteiger partial charge on any atom is -0.313 e. The van der Waals surface area contributed by atoms with E-state index in [-0.39, 0.29) is 10.6 Å². The fourth-order valence-corrected chi connectivity index (χ4v) is 2.95. The predicted molar refractivity (Wildman–Crippen MR) is 84.6 cm³/mol. The van der Waals surface area contributed by atoms with Crippen molar-refractivity contribution in [2.45, 2.75) is 38.6 Å². The normalized spacial score (nSPS) is 18.9. The molecule has 0 aliphatic carbocycles. The molecule has 0 spiro atoms. The highest BCUT2D eigenvalue weighted by molar-refractivity contribution is 5.39. The highest BCUT2D eigenvalue weighted by Gasteiger charge is 2.17. The summed E-state index contributed by atoms with van der Waals surface area (Å²) in [5.74, 6) is 0. The van der Waals surface area contributed by atoms with Gasteiger partial charge in [-0.3, -0.25) is 10.1 Å². The topological polar surface area (TPSA) is 58.4 Å². The standard InChI is InChI=1S/C16H25N3O2/c1-2-18(13-15-8-5-6-11-17-15)12-10-14-7-3-4-9-16(14)19(20)21/h3-4,7,9,15,17H,2,5-6,8,10-13H2,1H3. The van der Waals surface area contributed by atoms with Crippen LogP contribution in [0.25, 0.3) is 0 Å². The summed E-state index contributed by atoms with van der Waals surface area (Å²) in [6.07, 6.45) is 4.55. The summed E-state index contributed by atoms with van der Waals surface area (Å²) in [6.45, 7) is 6.17. The number of nitro groups is 1. The van der Waals surface area contributed by atoms with Gasteiger partial charge in [-0.2, -0.15) is 0 Å². The Bertz CT molecular complexity index is 459. The van der Waals surface area contributed by atoms with Crippen molar-refractivity contribution in [3.63, 3.8) is 0 Å². The monoisotopic (exact) mass is 291 g/mol. The smallest absolute Gasteiger partial charge is 0.272 e. The van der Waals surface area contributed by atoms with Gasteiger partial charge in [0.15, 0.2) is 0 Å². The zero-order valence-corrected chi connectivity index (χ0v) is 12.8. The lowest BCUT2D eigenvalue weighted by Gasteiger charge is -2.29. The van der Waals surface area contributed by atoms with Crippen LogP contribution in [0.5, 0.6) is 0 Å². The number of piperidine rings is 1. The zero-order chi connectivity index (χ0) is 15.1. The molecule has 21 heavy (non-hydrogen) atoms. The first-order valence-electron chi connectivity index (χ1n) is 7.88. The third kappa shape index (κ3) is 4.79. The molecule has 0 amide bonds. The second-order valence-electron chi connectivity index (χ2n) is 5.68. The van der Waals surface area contributed by atoms with Crippen molar-refractivity contribution in [2.24, 2.45) is 0 Å². The Labute approximate surface area is 126 Å². The van der Waals surface area contributed by atoms with Gasteiger partial charge < -0.3 is 10.2 Å². The molecule has 0 saturated carbocycles. The van der Waals surface area contributed by atoms with E-state index in [2.05, 4.69) is 17.1 Å². The van der Waals surface area contributed by atoms with Crippen molar-refractivity contribution < 1.29 is 4.92 Å². The fourth-order valence-electron chi connectivity index (χ4n) is 2.95. The zero-order valence-electron chi connectivity index (χ0n) is 12.8. The second-order valence-corrected chi connectivity index (χ2v) is 5.68. The lowest BCUT2D eigenvalue weighted by molar-refractivity contribution is -0.385. The molecule has 1 aliphatic rings. The van der Waals surface area contributed by atoms with E-state index in [1.165, 1.54) is 19.3 Å². The Balaban J connectivity index is 1.89. The Morgan fingerprint density at radius 3 is 2.86 bits per heavy atom. The van der Waals surface area contributed by atoms with E-state index >= 15 is 0 Å². The molecule has 1 saturated heterocycles. The molecule has 0 bridgehead atoms. The van der Waals surface area contributed by atoms with Gasteiger partial charge in [-0.05, 0) is 32.4 Å². The molecule has 1 heterocycles. The number of para-hydroxylation sites is 1. The van der Waals surface area contributed by atoms with Crippen LogP contribution in [-0.4, -0.2) is 42.0 Å². The summed E-state index contributed by atoms with van der Waals surface area (Å²) in [5.41, 5.74) is 1.07. The Morgan fingerprint density at radius 2 is 2.19 bits per heavy atom. The van der Waals surface area contributed by atoms with Crippen LogP contribution in [-0.2, 0) is 6.42 Å². The highest BCUT2D eigenvalue weighted by Crippen LogP contribution is 2.18. The molecule has 1 unspecified atom stereocenters. The van der Waals surface area contributed by atoms with Gasteiger partial charge in [-0.15, -0.1) is 0 Å². The maximum atomic E-state index is 11.0. The third-order valence-electron chi connectivity index (χ3n) is 4.22. The van der Waals surface area contributed by atoms with Gasteiger partial charge in [0.1, 0.15) is 0 Å². The number of benzene rings is 1. The van der Waals surface area contributed by atoms with E-state index in [9.17, 15) is 10.1 Å². The number of rotatable bonds is 7. The molecule has 0 aromatic heterocycles. The van der Waals surface area contributed by atoms with Crippen LogP contribution < -0.4 is 5.32 Å². The van der Waals surface area contributed by atoms with E-state index in [1.807, 2.05) is 12.1 Å². The molecule has 1 aliphatic heterocycles. The van der Waals surface area contributed by atoms with Crippen molar-refractivity contribution >= 4 is 5.69 Å². The lowest BCUT2D eigenvalue weighted by atomic mass is 10.0. The molecular formula is C16H25N3O2. The average molecular weight is 291 g/mol. The van der Waals surface area contributed by atoms with Crippen LogP contribution in [0.1, 0.15) is 31.7 Å². The van der Waals surface area contributed by atoms with Gasteiger partial charge in [0.25, 0.3) is 5.69 Å². The van der Waals surface area contributed by atoms with Gasteiger partial charge in [0.05, 0.1) is 4.92 Å². The van der Waals surface area contributed by atoms with Crippen LogP contribution in [0, 0.1) is 10.1 Å². The first-order chi connectivity index (χ1) is 10.2. The van der Waals surface area contributed by atoms with Crippen LogP contribution in [0.15, 0.2) is 24.3 Å². The minimum absolute atomic E-state index is 0.240. The molecule has 5 heteroatoms. The van der Waals surface area contributed by atoms with E-state index in [0.717, 1.165) is 38.2 Å².